The Bertz CT molecular complexity index is 1090. The van der Waals surface area contributed by atoms with Crippen LogP contribution >= 0.6 is 0 Å². The van der Waals surface area contributed by atoms with Crippen LogP contribution in [-0.4, -0.2) is 21.8 Å². The normalized spacial score (nSPS) is 22.2. The Hall–Kier alpha value is -3.26. The zero-order valence-electron chi connectivity index (χ0n) is 20.6. The fourth-order valence-corrected chi connectivity index (χ4v) is 4.51. The third-order valence-electron chi connectivity index (χ3n) is 6.87. The quantitative estimate of drug-likeness (QED) is 0.183. The topological polar surface area (TPSA) is 136 Å². The maximum Gasteiger partial charge on any atom is 0.417 e. The lowest BCUT2D eigenvalue weighted by Crippen LogP contribution is -2.31. The van der Waals surface area contributed by atoms with Crippen molar-refractivity contribution in [1.29, 1.82) is 0 Å². The molecule has 2 amide bonds. The second-order valence-electron chi connectivity index (χ2n) is 9.29. The summed E-state index contributed by atoms with van der Waals surface area (Å²) in [5.74, 6) is 9.28. The Kier molecular flexibility index (Phi) is 8.66. The number of aromatic nitrogens is 2. The van der Waals surface area contributed by atoms with E-state index < -0.39 is 35.3 Å². The molecule has 2 aliphatic carbocycles. The molecule has 2 fully saturated rings. The number of carbonyl (C=O) groups excluding carboxylic acids is 2. The number of carbonyl (C=O) groups is 2. The zero-order chi connectivity index (χ0) is 28.4. The number of rotatable bonds is 6. The second kappa shape index (κ2) is 11.2. The minimum absolute atomic E-state index is 0.0172. The number of amides is 2. The van der Waals surface area contributed by atoms with Crippen LogP contribution in [0.4, 0.5) is 26.3 Å². The summed E-state index contributed by atoms with van der Waals surface area (Å²) in [7, 11) is 0. The van der Waals surface area contributed by atoms with Crippen LogP contribution in [0.3, 0.4) is 0 Å². The van der Waals surface area contributed by atoms with E-state index in [2.05, 4.69) is 9.97 Å². The van der Waals surface area contributed by atoms with Crippen LogP contribution in [0.5, 0.6) is 0 Å². The van der Waals surface area contributed by atoms with E-state index in [1.54, 1.807) is 0 Å². The van der Waals surface area contributed by atoms with Crippen molar-refractivity contribution in [2.45, 2.75) is 63.7 Å². The number of hydrogen-bond donors (Lipinski definition) is 4. The van der Waals surface area contributed by atoms with E-state index in [0.29, 0.717) is 35.4 Å². The molecule has 4 rings (SSSR count). The van der Waals surface area contributed by atoms with Crippen molar-refractivity contribution in [2.24, 2.45) is 23.5 Å². The van der Waals surface area contributed by atoms with Gasteiger partial charge in [0.2, 0.25) is 0 Å². The van der Waals surface area contributed by atoms with Crippen molar-refractivity contribution < 1.29 is 35.9 Å². The molecule has 0 aliphatic heterocycles. The van der Waals surface area contributed by atoms with Gasteiger partial charge >= 0.3 is 12.4 Å². The summed E-state index contributed by atoms with van der Waals surface area (Å²) < 4.78 is 76.1. The minimum Gasteiger partial charge on any atom is -0.289 e. The fourth-order valence-electron chi connectivity index (χ4n) is 4.51. The van der Waals surface area contributed by atoms with Gasteiger partial charge in [0, 0.05) is 12.4 Å². The molecule has 2 aromatic rings. The average Bonchev–Trinajstić information content (AvgIpc) is 3.80. The van der Waals surface area contributed by atoms with E-state index in [0.717, 1.165) is 37.8 Å². The average molecular weight is 547 g/mol. The Morgan fingerprint density at radius 2 is 1.13 bits per heavy atom. The number of alkyl halides is 6. The van der Waals surface area contributed by atoms with Crippen LogP contribution < -0.4 is 22.5 Å². The van der Waals surface area contributed by atoms with Gasteiger partial charge in [-0.2, -0.15) is 26.3 Å². The summed E-state index contributed by atoms with van der Waals surface area (Å²) >= 11 is 0. The van der Waals surface area contributed by atoms with E-state index in [1.165, 1.54) is 0 Å². The smallest absolute Gasteiger partial charge is 0.289 e. The molecule has 208 valence electrons. The molecule has 0 bridgehead atoms. The molecule has 0 aromatic carbocycles. The van der Waals surface area contributed by atoms with Gasteiger partial charge in [0.15, 0.2) is 0 Å². The number of pyridine rings is 2. The maximum atomic E-state index is 12.7. The lowest BCUT2D eigenvalue weighted by molar-refractivity contribution is -0.138. The van der Waals surface area contributed by atoms with E-state index in [9.17, 15) is 35.9 Å². The molecule has 2 aromatic heterocycles. The molecule has 6 N–H and O–H groups in total. The molecule has 14 heteroatoms. The second-order valence-corrected chi connectivity index (χ2v) is 9.29. The highest BCUT2D eigenvalue weighted by molar-refractivity contribution is 5.94. The Morgan fingerprint density at radius 1 is 0.789 bits per heavy atom. The number of hydrazine groups is 2. The lowest BCUT2D eigenvalue weighted by atomic mass is 10.0. The zero-order valence-corrected chi connectivity index (χ0v) is 20.6. The summed E-state index contributed by atoms with van der Waals surface area (Å²) in [6, 6.07) is 2.02. The third kappa shape index (κ3) is 6.59. The van der Waals surface area contributed by atoms with Crippen molar-refractivity contribution in [2.75, 3.05) is 0 Å². The number of nitrogens with one attached hydrogen (secondary N) is 2. The van der Waals surface area contributed by atoms with Gasteiger partial charge in [0.1, 0.15) is 11.4 Å². The predicted octanol–water partition coefficient (Wildman–Crippen LogP) is 4.43. The first-order valence-corrected chi connectivity index (χ1v) is 11.9. The first-order chi connectivity index (χ1) is 17.8. The van der Waals surface area contributed by atoms with E-state index in [1.807, 2.05) is 24.7 Å². The highest BCUT2D eigenvalue weighted by Gasteiger charge is 2.42. The van der Waals surface area contributed by atoms with Crippen molar-refractivity contribution in [3.63, 3.8) is 0 Å². The lowest BCUT2D eigenvalue weighted by Gasteiger charge is -2.11. The van der Waals surface area contributed by atoms with Crippen molar-refractivity contribution in [3.8, 4) is 0 Å². The van der Waals surface area contributed by atoms with Gasteiger partial charge in [0.05, 0.1) is 11.1 Å². The van der Waals surface area contributed by atoms with Crippen molar-refractivity contribution >= 4 is 11.8 Å². The molecular weight excluding hydrogens is 518 g/mol. The molecule has 38 heavy (non-hydrogen) atoms. The van der Waals surface area contributed by atoms with E-state index in [4.69, 9.17) is 11.7 Å². The first kappa shape index (κ1) is 29.3. The predicted molar refractivity (Wildman–Crippen MR) is 124 cm³/mol. The van der Waals surface area contributed by atoms with Gasteiger partial charge in [-0.05, 0) is 59.8 Å². The van der Waals surface area contributed by atoms with Gasteiger partial charge in [-0.15, -0.1) is 0 Å². The molecular formula is C24H28F6N6O2. The molecule has 0 radical (unpaired) electrons. The largest absolute Gasteiger partial charge is 0.417 e. The number of nitrogen functional groups attached to an aromatic ring is 2. The van der Waals surface area contributed by atoms with Crippen LogP contribution in [0.25, 0.3) is 0 Å². The molecule has 2 heterocycles. The fraction of sp³-hybridized carbons (Fsp3) is 0.500. The molecule has 2 saturated carbocycles. The first-order valence-electron chi connectivity index (χ1n) is 11.9. The molecule has 4 atom stereocenters. The van der Waals surface area contributed by atoms with Gasteiger partial charge in [0.25, 0.3) is 11.8 Å². The van der Waals surface area contributed by atoms with Crippen LogP contribution in [-0.2, 0) is 12.4 Å². The number of hydrogen-bond acceptors (Lipinski definition) is 6. The summed E-state index contributed by atoms with van der Waals surface area (Å²) in [4.78, 5) is 30.4. The van der Waals surface area contributed by atoms with Gasteiger partial charge in [-0.25, -0.2) is 11.7 Å². The highest BCUT2D eigenvalue weighted by Crippen LogP contribution is 2.51. The van der Waals surface area contributed by atoms with Crippen LogP contribution in [0.1, 0.15) is 94.6 Å². The van der Waals surface area contributed by atoms with Crippen LogP contribution in [0.2, 0.25) is 0 Å². The molecule has 0 unspecified atom stereocenters. The maximum absolute atomic E-state index is 12.7. The monoisotopic (exact) mass is 546 g/mol. The van der Waals surface area contributed by atoms with Gasteiger partial charge in [-0.3, -0.25) is 30.4 Å². The number of halogens is 6. The standard InChI is InChI=1S/2C12H14F3N3O/c2*1-2-6-3-8(6)9-4-7(12(13,14)15)5-17-10(9)11(19)18-16/h2*4-6,8H,2-3,16H2,1H3,(H,18,19)/t2*6-,8-/m10/s1. The summed E-state index contributed by atoms with van der Waals surface area (Å²) in [5.41, 5.74) is 2.80. The Morgan fingerprint density at radius 3 is 1.37 bits per heavy atom. The summed E-state index contributed by atoms with van der Waals surface area (Å²) in [6.45, 7) is 3.93. The number of nitrogens with two attached hydrogens (primary N) is 2. The summed E-state index contributed by atoms with van der Waals surface area (Å²) in [5, 5.41) is 0. The Labute approximate surface area is 214 Å². The van der Waals surface area contributed by atoms with Crippen molar-refractivity contribution in [1.82, 2.24) is 20.8 Å². The van der Waals surface area contributed by atoms with Crippen LogP contribution in [0.15, 0.2) is 24.5 Å². The highest BCUT2D eigenvalue weighted by atomic mass is 19.4. The Balaban J connectivity index is 0.000000211. The SMILES string of the molecule is CC[C@@H]1C[C@H]1c1cc(C(F)(F)F)cnc1C(=O)NN.CC[C@H]1C[C@@H]1c1cc(C(F)(F)F)cnc1C(=O)NN. The van der Waals surface area contributed by atoms with E-state index >= 15 is 0 Å². The molecule has 8 nitrogen and oxygen atoms in total. The number of nitrogens with zero attached hydrogens (tertiary/aromatic N) is 2. The third-order valence-corrected chi connectivity index (χ3v) is 6.87. The van der Waals surface area contributed by atoms with Crippen molar-refractivity contribution in [3.05, 3.63) is 58.2 Å². The molecule has 0 saturated heterocycles. The van der Waals surface area contributed by atoms with Gasteiger partial charge in [-0.1, -0.05) is 26.7 Å². The molecule has 2 aliphatic rings. The van der Waals surface area contributed by atoms with Gasteiger partial charge < -0.3 is 0 Å². The van der Waals surface area contributed by atoms with Crippen LogP contribution in [0, 0.1) is 11.8 Å². The van der Waals surface area contributed by atoms with E-state index in [-0.39, 0.29) is 23.2 Å². The summed E-state index contributed by atoms with van der Waals surface area (Å²) in [6.07, 6.45) is -4.30. The molecule has 0 spiro atoms. The minimum atomic E-state index is -4.46.